The Balaban J connectivity index is 2.44. The smallest absolute Gasteiger partial charge is 0.0639 e. The van der Waals surface area contributed by atoms with Gasteiger partial charge in [0.15, 0.2) is 0 Å². The van der Waals surface area contributed by atoms with Gasteiger partial charge in [0.1, 0.15) is 0 Å². The quantitative estimate of drug-likeness (QED) is 0.583. The zero-order valence-electron chi connectivity index (χ0n) is 9.88. The molecule has 0 spiro atoms. The fraction of sp³-hybridized carbons (Fsp3) is 0.385. The minimum atomic E-state index is 0.213. The van der Waals surface area contributed by atoms with Crippen LogP contribution in [0.1, 0.15) is 18.5 Å². The van der Waals surface area contributed by atoms with Gasteiger partial charge in [-0.3, -0.25) is 0 Å². The number of hydrogen-bond acceptors (Lipinski definition) is 2. The average molecular weight is 290 g/mol. The number of rotatable bonds is 7. The molecule has 1 aromatic carbocycles. The first-order chi connectivity index (χ1) is 8.16. The lowest BCUT2D eigenvalue weighted by molar-refractivity contribution is 0.601. The van der Waals surface area contributed by atoms with Crippen LogP contribution in [0.5, 0.6) is 0 Å². The van der Waals surface area contributed by atoms with Crippen LogP contribution in [0.3, 0.4) is 0 Å². The number of thioether (sulfide) groups is 1. The monoisotopic (exact) mass is 289 g/mol. The second-order valence-corrected chi connectivity index (χ2v) is 5.62. The molecule has 4 heteroatoms. The van der Waals surface area contributed by atoms with Crippen molar-refractivity contribution in [2.75, 3.05) is 18.1 Å². The van der Waals surface area contributed by atoms with Crippen molar-refractivity contribution in [1.29, 1.82) is 0 Å². The summed E-state index contributed by atoms with van der Waals surface area (Å²) in [6, 6.07) is 5.95. The molecular weight excluding hydrogens is 273 g/mol. The number of benzene rings is 1. The fourth-order valence-electron chi connectivity index (χ4n) is 1.48. The summed E-state index contributed by atoms with van der Waals surface area (Å²) in [5.74, 6) is 2.06. The molecule has 1 N–H and O–H groups in total. The summed E-state index contributed by atoms with van der Waals surface area (Å²) in [6.07, 6.45) is 1.92. The predicted octanol–water partition coefficient (Wildman–Crippen LogP) is 4.56. The van der Waals surface area contributed by atoms with E-state index in [1.54, 1.807) is 6.07 Å². The lowest BCUT2D eigenvalue weighted by Gasteiger charge is -2.16. The Bertz CT molecular complexity index is 368. The van der Waals surface area contributed by atoms with E-state index in [1.807, 2.05) is 30.0 Å². The first kappa shape index (κ1) is 14.9. The Hall–Kier alpha value is -0.150. The Morgan fingerprint density at radius 3 is 2.94 bits per heavy atom. The number of halogens is 2. The highest BCUT2D eigenvalue weighted by atomic mass is 35.5. The van der Waals surface area contributed by atoms with E-state index in [9.17, 15) is 0 Å². The standard InChI is InChI=1S/C13H17Cl2NS/c1-3-8-17-9-7-16-10(2)11-5-4-6-12(14)13(11)15/h3-6,10,16H,1,7-9H2,2H3. The van der Waals surface area contributed by atoms with Crippen LogP contribution in [-0.4, -0.2) is 18.1 Å². The van der Waals surface area contributed by atoms with Gasteiger partial charge in [-0.1, -0.05) is 41.4 Å². The van der Waals surface area contributed by atoms with E-state index in [2.05, 4.69) is 18.8 Å². The third-order valence-electron chi connectivity index (χ3n) is 2.38. The summed E-state index contributed by atoms with van der Waals surface area (Å²) in [6.45, 7) is 6.73. The van der Waals surface area contributed by atoms with Crippen molar-refractivity contribution in [3.05, 3.63) is 46.5 Å². The number of nitrogens with one attached hydrogen (secondary N) is 1. The highest BCUT2D eigenvalue weighted by Gasteiger charge is 2.10. The Labute approximate surface area is 118 Å². The van der Waals surface area contributed by atoms with Crippen LogP contribution in [0.25, 0.3) is 0 Å². The van der Waals surface area contributed by atoms with Crippen LogP contribution in [-0.2, 0) is 0 Å². The minimum Gasteiger partial charge on any atom is -0.309 e. The molecule has 0 fully saturated rings. The molecule has 0 bridgehead atoms. The molecule has 17 heavy (non-hydrogen) atoms. The Morgan fingerprint density at radius 1 is 1.47 bits per heavy atom. The summed E-state index contributed by atoms with van der Waals surface area (Å²) in [7, 11) is 0. The Morgan fingerprint density at radius 2 is 2.24 bits per heavy atom. The van der Waals surface area contributed by atoms with Crippen molar-refractivity contribution in [1.82, 2.24) is 5.32 Å². The predicted molar refractivity (Wildman–Crippen MR) is 80.4 cm³/mol. The van der Waals surface area contributed by atoms with Gasteiger partial charge < -0.3 is 5.32 Å². The van der Waals surface area contributed by atoms with Crippen LogP contribution in [0.4, 0.5) is 0 Å². The number of hydrogen-bond donors (Lipinski definition) is 1. The lowest BCUT2D eigenvalue weighted by atomic mass is 10.1. The molecule has 1 unspecified atom stereocenters. The van der Waals surface area contributed by atoms with Crippen molar-refractivity contribution in [3.63, 3.8) is 0 Å². The second-order valence-electron chi connectivity index (χ2n) is 3.68. The van der Waals surface area contributed by atoms with Gasteiger partial charge in [-0.25, -0.2) is 0 Å². The Kier molecular flexibility index (Phi) is 7.05. The molecule has 0 radical (unpaired) electrons. The van der Waals surface area contributed by atoms with Crippen LogP contribution >= 0.6 is 35.0 Å². The van der Waals surface area contributed by atoms with Gasteiger partial charge in [-0.05, 0) is 18.6 Å². The highest BCUT2D eigenvalue weighted by molar-refractivity contribution is 7.99. The summed E-state index contributed by atoms with van der Waals surface area (Å²) in [5, 5.41) is 4.68. The second kappa shape index (κ2) is 8.04. The van der Waals surface area contributed by atoms with E-state index in [4.69, 9.17) is 23.2 Å². The van der Waals surface area contributed by atoms with E-state index >= 15 is 0 Å². The van der Waals surface area contributed by atoms with Gasteiger partial charge >= 0.3 is 0 Å². The van der Waals surface area contributed by atoms with E-state index in [0.717, 1.165) is 23.6 Å². The lowest BCUT2D eigenvalue weighted by Crippen LogP contribution is -2.21. The molecule has 0 heterocycles. The van der Waals surface area contributed by atoms with Gasteiger partial charge in [-0.15, -0.1) is 6.58 Å². The average Bonchev–Trinajstić information content (AvgIpc) is 2.32. The summed E-state index contributed by atoms with van der Waals surface area (Å²) in [5.41, 5.74) is 1.05. The van der Waals surface area contributed by atoms with Crippen molar-refractivity contribution in [3.8, 4) is 0 Å². The van der Waals surface area contributed by atoms with Crippen LogP contribution in [0.15, 0.2) is 30.9 Å². The van der Waals surface area contributed by atoms with Crippen molar-refractivity contribution >= 4 is 35.0 Å². The van der Waals surface area contributed by atoms with Crippen molar-refractivity contribution in [2.45, 2.75) is 13.0 Å². The zero-order valence-corrected chi connectivity index (χ0v) is 12.2. The first-order valence-electron chi connectivity index (χ1n) is 5.52. The largest absolute Gasteiger partial charge is 0.309 e. The van der Waals surface area contributed by atoms with E-state index in [0.29, 0.717) is 10.0 Å². The molecule has 0 aliphatic rings. The third kappa shape index (κ3) is 4.92. The first-order valence-corrected chi connectivity index (χ1v) is 7.43. The summed E-state index contributed by atoms with van der Waals surface area (Å²) in [4.78, 5) is 0. The molecule has 1 nitrogen and oxygen atoms in total. The van der Waals surface area contributed by atoms with E-state index < -0.39 is 0 Å². The van der Waals surface area contributed by atoms with Crippen LogP contribution in [0.2, 0.25) is 10.0 Å². The maximum atomic E-state index is 6.16. The van der Waals surface area contributed by atoms with Crippen molar-refractivity contribution < 1.29 is 0 Å². The summed E-state index contributed by atoms with van der Waals surface area (Å²) >= 11 is 14.0. The van der Waals surface area contributed by atoms with Crippen LogP contribution < -0.4 is 5.32 Å². The van der Waals surface area contributed by atoms with Gasteiger partial charge in [-0.2, -0.15) is 11.8 Å². The molecule has 1 atom stereocenters. The van der Waals surface area contributed by atoms with E-state index in [1.165, 1.54) is 0 Å². The molecule has 1 rings (SSSR count). The molecule has 94 valence electrons. The molecule has 0 saturated carbocycles. The van der Waals surface area contributed by atoms with Crippen LogP contribution in [0, 0.1) is 0 Å². The molecule has 0 saturated heterocycles. The molecule has 0 amide bonds. The topological polar surface area (TPSA) is 12.0 Å². The minimum absolute atomic E-state index is 0.213. The zero-order chi connectivity index (χ0) is 12.7. The van der Waals surface area contributed by atoms with Gasteiger partial charge in [0.05, 0.1) is 10.0 Å². The SMILES string of the molecule is C=CCSCCNC(C)c1cccc(Cl)c1Cl. The van der Waals surface area contributed by atoms with Gasteiger partial charge in [0.2, 0.25) is 0 Å². The molecule has 1 aromatic rings. The normalized spacial score (nSPS) is 12.4. The maximum Gasteiger partial charge on any atom is 0.0639 e. The summed E-state index contributed by atoms with van der Waals surface area (Å²) < 4.78 is 0. The van der Waals surface area contributed by atoms with Gasteiger partial charge in [0.25, 0.3) is 0 Å². The molecule has 0 aromatic heterocycles. The van der Waals surface area contributed by atoms with Gasteiger partial charge in [0, 0.05) is 24.1 Å². The van der Waals surface area contributed by atoms with E-state index in [-0.39, 0.29) is 6.04 Å². The molecule has 0 aliphatic heterocycles. The molecular formula is C13H17Cl2NS. The highest BCUT2D eigenvalue weighted by Crippen LogP contribution is 2.29. The van der Waals surface area contributed by atoms with Crippen molar-refractivity contribution in [2.24, 2.45) is 0 Å². The maximum absolute atomic E-state index is 6.16. The third-order valence-corrected chi connectivity index (χ3v) is 4.18. The fourth-order valence-corrected chi connectivity index (χ4v) is 2.55. The molecule has 0 aliphatic carbocycles.